The van der Waals surface area contributed by atoms with Crippen molar-refractivity contribution in [2.75, 3.05) is 19.7 Å². The molecule has 100 valence electrons. The predicted octanol–water partition coefficient (Wildman–Crippen LogP) is 2.44. The van der Waals surface area contributed by atoms with E-state index >= 15 is 0 Å². The highest BCUT2D eigenvalue weighted by atomic mass is 32.1. The number of hydrogen-bond acceptors (Lipinski definition) is 5. The topological polar surface area (TPSA) is 42.4 Å². The molecule has 1 aromatic rings. The first kappa shape index (κ1) is 13.6. The van der Waals surface area contributed by atoms with Gasteiger partial charge in [0, 0.05) is 26.1 Å². The van der Waals surface area contributed by atoms with Crippen molar-refractivity contribution in [3.8, 4) is 0 Å². The summed E-state index contributed by atoms with van der Waals surface area (Å²) in [5.41, 5.74) is 0.827. The van der Waals surface area contributed by atoms with Crippen LogP contribution in [0.3, 0.4) is 0 Å². The molecule has 1 aromatic heterocycles. The molecule has 1 unspecified atom stereocenters. The molecule has 1 atom stereocenters. The van der Waals surface area contributed by atoms with Gasteiger partial charge in [-0.05, 0) is 20.8 Å². The number of ether oxygens (including phenoxy) is 1. The number of carbonyl (C=O) groups excluding carboxylic acids is 1. The molecular formula is C13H20N2O2S. The van der Waals surface area contributed by atoms with Crippen LogP contribution in [0.2, 0.25) is 0 Å². The van der Waals surface area contributed by atoms with Gasteiger partial charge in [0.2, 0.25) is 0 Å². The summed E-state index contributed by atoms with van der Waals surface area (Å²) in [6.45, 7) is 10.4. The van der Waals surface area contributed by atoms with Crippen LogP contribution >= 0.6 is 11.3 Å². The first-order chi connectivity index (χ1) is 8.49. The van der Waals surface area contributed by atoms with E-state index in [2.05, 4.69) is 23.7 Å². The number of morpholine rings is 1. The third kappa shape index (κ3) is 2.79. The van der Waals surface area contributed by atoms with Gasteiger partial charge in [-0.25, -0.2) is 4.98 Å². The Bertz CT molecular complexity index is 442. The normalized spacial score (nSPS) is 21.5. The first-order valence-electron chi connectivity index (χ1n) is 6.33. The third-order valence-corrected chi connectivity index (χ3v) is 4.59. The summed E-state index contributed by atoms with van der Waals surface area (Å²) >= 11 is 1.48. The van der Waals surface area contributed by atoms with E-state index in [9.17, 15) is 4.79 Å². The molecule has 0 aliphatic carbocycles. The summed E-state index contributed by atoms with van der Waals surface area (Å²) in [5.74, 6) is 0.0905. The number of rotatable bonds is 3. The highest BCUT2D eigenvalue weighted by Crippen LogP contribution is 2.29. The maximum Gasteiger partial charge on any atom is 0.171 e. The minimum absolute atomic E-state index is 0.0120. The molecule has 0 N–H and O–H groups in total. The SMILES string of the molecule is CC(=O)c1sc(C2CN(C(C)C)CCO2)nc1C. The lowest BCUT2D eigenvalue weighted by atomic mass is 10.2. The van der Waals surface area contributed by atoms with Crippen LogP contribution in [-0.4, -0.2) is 41.4 Å². The molecule has 1 fully saturated rings. The summed E-state index contributed by atoms with van der Waals surface area (Å²) < 4.78 is 5.79. The van der Waals surface area contributed by atoms with Gasteiger partial charge in [-0.15, -0.1) is 11.3 Å². The van der Waals surface area contributed by atoms with Crippen molar-refractivity contribution in [2.45, 2.75) is 39.8 Å². The highest BCUT2D eigenvalue weighted by molar-refractivity contribution is 7.13. The summed E-state index contributed by atoms with van der Waals surface area (Å²) in [4.78, 5) is 19.1. The fourth-order valence-electron chi connectivity index (χ4n) is 2.17. The number of nitrogens with zero attached hydrogens (tertiary/aromatic N) is 2. The number of ketones is 1. The van der Waals surface area contributed by atoms with E-state index in [1.165, 1.54) is 11.3 Å². The minimum Gasteiger partial charge on any atom is -0.368 e. The zero-order valence-corrected chi connectivity index (χ0v) is 12.2. The van der Waals surface area contributed by atoms with E-state index in [0.717, 1.165) is 35.3 Å². The molecule has 2 rings (SSSR count). The monoisotopic (exact) mass is 268 g/mol. The average molecular weight is 268 g/mol. The molecule has 0 spiro atoms. The highest BCUT2D eigenvalue weighted by Gasteiger charge is 2.27. The van der Waals surface area contributed by atoms with Crippen molar-refractivity contribution in [2.24, 2.45) is 0 Å². The van der Waals surface area contributed by atoms with Gasteiger partial charge in [0.25, 0.3) is 0 Å². The summed E-state index contributed by atoms with van der Waals surface area (Å²) in [6.07, 6.45) is 0.0120. The van der Waals surface area contributed by atoms with Crippen LogP contribution in [0.15, 0.2) is 0 Å². The van der Waals surface area contributed by atoms with Crippen LogP contribution in [0.4, 0.5) is 0 Å². The van der Waals surface area contributed by atoms with Gasteiger partial charge in [0.1, 0.15) is 11.1 Å². The number of thiazole rings is 1. The number of aryl methyl sites for hydroxylation is 1. The van der Waals surface area contributed by atoms with Gasteiger partial charge < -0.3 is 4.74 Å². The quantitative estimate of drug-likeness (QED) is 0.790. The first-order valence-corrected chi connectivity index (χ1v) is 7.14. The van der Waals surface area contributed by atoms with Crippen LogP contribution in [0.5, 0.6) is 0 Å². The number of carbonyl (C=O) groups is 1. The fraction of sp³-hybridized carbons (Fsp3) is 0.692. The van der Waals surface area contributed by atoms with E-state index in [0.29, 0.717) is 6.04 Å². The lowest BCUT2D eigenvalue weighted by molar-refractivity contribution is -0.0403. The summed E-state index contributed by atoms with van der Waals surface area (Å²) in [6, 6.07) is 0.518. The minimum atomic E-state index is 0.0120. The van der Waals surface area contributed by atoms with Crippen molar-refractivity contribution in [1.29, 1.82) is 0 Å². The molecule has 1 aliphatic rings. The summed E-state index contributed by atoms with van der Waals surface area (Å²) in [5, 5.41) is 0.933. The standard InChI is InChI=1S/C13H20N2O2S/c1-8(2)15-5-6-17-11(7-15)13-14-9(3)12(18-13)10(4)16/h8,11H,5-7H2,1-4H3. The van der Waals surface area contributed by atoms with Gasteiger partial charge in [0.05, 0.1) is 17.2 Å². The maximum absolute atomic E-state index is 11.5. The second-order valence-electron chi connectivity index (χ2n) is 4.97. The molecule has 0 radical (unpaired) electrons. The lowest BCUT2D eigenvalue weighted by Crippen LogP contribution is -2.42. The zero-order valence-electron chi connectivity index (χ0n) is 11.4. The van der Waals surface area contributed by atoms with Crippen molar-refractivity contribution in [1.82, 2.24) is 9.88 Å². The Labute approximate surface area is 112 Å². The molecule has 2 heterocycles. The Morgan fingerprint density at radius 1 is 1.56 bits per heavy atom. The number of hydrogen-bond donors (Lipinski definition) is 0. The lowest BCUT2D eigenvalue weighted by Gasteiger charge is -2.34. The Morgan fingerprint density at radius 3 is 2.83 bits per heavy atom. The number of Topliss-reactive ketones (excluding diaryl/α,β-unsaturated/α-hetero) is 1. The van der Waals surface area contributed by atoms with Crippen LogP contribution in [-0.2, 0) is 4.74 Å². The van der Waals surface area contributed by atoms with Crippen LogP contribution < -0.4 is 0 Å². The summed E-state index contributed by atoms with van der Waals surface area (Å²) in [7, 11) is 0. The third-order valence-electron chi connectivity index (χ3n) is 3.24. The Kier molecular flexibility index (Phi) is 4.14. The molecule has 0 bridgehead atoms. The smallest absolute Gasteiger partial charge is 0.171 e. The predicted molar refractivity (Wildman–Crippen MR) is 72.3 cm³/mol. The Morgan fingerprint density at radius 2 is 2.28 bits per heavy atom. The largest absolute Gasteiger partial charge is 0.368 e. The van der Waals surface area contributed by atoms with Crippen molar-refractivity contribution < 1.29 is 9.53 Å². The van der Waals surface area contributed by atoms with Gasteiger partial charge >= 0.3 is 0 Å². The van der Waals surface area contributed by atoms with Gasteiger partial charge in [-0.2, -0.15) is 0 Å². The van der Waals surface area contributed by atoms with E-state index in [-0.39, 0.29) is 11.9 Å². The molecule has 1 aliphatic heterocycles. The molecule has 5 heteroatoms. The maximum atomic E-state index is 11.5. The van der Waals surface area contributed by atoms with Crippen molar-refractivity contribution in [3.05, 3.63) is 15.6 Å². The Hall–Kier alpha value is -0.780. The van der Waals surface area contributed by atoms with Crippen LogP contribution in [0, 0.1) is 6.92 Å². The average Bonchev–Trinajstić information content (AvgIpc) is 2.71. The second-order valence-corrected chi connectivity index (χ2v) is 6.00. The molecule has 0 aromatic carbocycles. The fourth-order valence-corrected chi connectivity index (χ4v) is 3.17. The van der Waals surface area contributed by atoms with Crippen molar-refractivity contribution in [3.63, 3.8) is 0 Å². The van der Waals surface area contributed by atoms with Gasteiger partial charge in [-0.1, -0.05) is 0 Å². The molecule has 18 heavy (non-hydrogen) atoms. The van der Waals surface area contributed by atoms with Gasteiger partial charge in [-0.3, -0.25) is 9.69 Å². The zero-order chi connectivity index (χ0) is 13.3. The Balaban J connectivity index is 2.16. The molecule has 0 amide bonds. The van der Waals surface area contributed by atoms with Crippen molar-refractivity contribution >= 4 is 17.1 Å². The molecule has 4 nitrogen and oxygen atoms in total. The molecular weight excluding hydrogens is 248 g/mol. The van der Waals surface area contributed by atoms with Crippen LogP contribution in [0.1, 0.15) is 47.2 Å². The van der Waals surface area contributed by atoms with E-state index in [1.54, 1.807) is 6.92 Å². The molecule has 0 saturated carbocycles. The van der Waals surface area contributed by atoms with E-state index < -0.39 is 0 Å². The number of aromatic nitrogens is 1. The van der Waals surface area contributed by atoms with E-state index in [4.69, 9.17) is 4.74 Å². The van der Waals surface area contributed by atoms with Crippen LogP contribution in [0.25, 0.3) is 0 Å². The second kappa shape index (κ2) is 5.47. The van der Waals surface area contributed by atoms with E-state index in [1.807, 2.05) is 6.92 Å². The molecule has 1 saturated heterocycles. The van der Waals surface area contributed by atoms with Gasteiger partial charge in [0.15, 0.2) is 5.78 Å².